The van der Waals surface area contributed by atoms with Crippen molar-refractivity contribution in [3.05, 3.63) is 29.8 Å². The molecule has 0 aliphatic carbocycles. The summed E-state index contributed by atoms with van der Waals surface area (Å²) in [6, 6.07) is 5.50. The molecule has 114 valence electrons. The maximum absolute atomic E-state index is 11.8. The second kappa shape index (κ2) is 7.88. The zero-order valence-corrected chi connectivity index (χ0v) is 11.8. The van der Waals surface area contributed by atoms with Crippen molar-refractivity contribution in [1.82, 2.24) is 5.32 Å². The fourth-order valence-corrected chi connectivity index (χ4v) is 1.62. The summed E-state index contributed by atoms with van der Waals surface area (Å²) in [5.41, 5.74) is 0.704. The molecule has 21 heavy (non-hydrogen) atoms. The predicted octanol–water partition coefficient (Wildman–Crippen LogP) is 0.370. The molecule has 1 atom stereocenters. The largest absolute Gasteiger partial charge is 0.497 e. The van der Waals surface area contributed by atoms with Gasteiger partial charge < -0.3 is 19.9 Å². The molecule has 0 radical (unpaired) electrons. The fourth-order valence-electron chi connectivity index (χ4n) is 1.62. The van der Waals surface area contributed by atoms with Gasteiger partial charge in [-0.1, -0.05) is 12.1 Å². The molecule has 0 saturated carbocycles. The standard InChI is InChI=1S/C14H17NO6/c1-20-10-5-3-9(4-6-10)7-12(16)15-11(14(18)19)8-13(17)21-2/h3-6,11H,7-8H2,1-2H3,(H,15,16)(H,18,19)/t11-/m0/s1. The van der Waals surface area contributed by atoms with Crippen molar-refractivity contribution in [2.75, 3.05) is 14.2 Å². The lowest BCUT2D eigenvalue weighted by Crippen LogP contribution is -2.43. The van der Waals surface area contributed by atoms with Crippen LogP contribution >= 0.6 is 0 Å². The van der Waals surface area contributed by atoms with E-state index < -0.39 is 30.3 Å². The van der Waals surface area contributed by atoms with Crippen LogP contribution in [0, 0.1) is 0 Å². The van der Waals surface area contributed by atoms with E-state index in [4.69, 9.17) is 9.84 Å². The van der Waals surface area contributed by atoms with Crippen LogP contribution in [0.5, 0.6) is 5.75 Å². The first-order valence-corrected chi connectivity index (χ1v) is 6.18. The molecule has 1 aromatic rings. The molecular weight excluding hydrogens is 278 g/mol. The van der Waals surface area contributed by atoms with E-state index in [1.54, 1.807) is 24.3 Å². The highest BCUT2D eigenvalue weighted by Gasteiger charge is 2.23. The minimum absolute atomic E-state index is 0.00888. The number of carbonyl (C=O) groups is 3. The number of aliphatic carboxylic acids is 1. The van der Waals surface area contributed by atoms with Crippen molar-refractivity contribution in [3.8, 4) is 5.75 Å². The van der Waals surface area contributed by atoms with E-state index in [1.165, 1.54) is 7.11 Å². The van der Waals surface area contributed by atoms with Gasteiger partial charge in [0, 0.05) is 0 Å². The van der Waals surface area contributed by atoms with Gasteiger partial charge in [-0.3, -0.25) is 9.59 Å². The Bertz CT molecular complexity index is 511. The topological polar surface area (TPSA) is 102 Å². The molecule has 0 bridgehead atoms. The number of carboxylic acid groups (broad SMARTS) is 1. The van der Waals surface area contributed by atoms with Gasteiger partial charge in [-0.05, 0) is 17.7 Å². The van der Waals surface area contributed by atoms with E-state index in [0.717, 1.165) is 7.11 Å². The maximum Gasteiger partial charge on any atom is 0.326 e. The lowest BCUT2D eigenvalue weighted by Gasteiger charge is -2.13. The molecule has 0 aromatic heterocycles. The van der Waals surface area contributed by atoms with E-state index >= 15 is 0 Å². The fraction of sp³-hybridized carbons (Fsp3) is 0.357. The summed E-state index contributed by atoms with van der Waals surface area (Å²) in [7, 11) is 2.69. The van der Waals surface area contributed by atoms with E-state index in [9.17, 15) is 14.4 Å². The lowest BCUT2D eigenvalue weighted by molar-refractivity contribution is -0.148. The Kier molecular flexibility index (Phi) is 6.19. The van der Waals surface area contributed by atoms with Gasteiger partial charge in [0.05, 0.1) is 27.1 Å². The van der Waals surface area contributed by atoms with E-state index in [0.29, 0.717) is 11.3 Å². The minimum atomic E-state index is -1.30. The van der Waals surface area contributed by atoms with Gasteiger partial charge in [0.2, 0.25) is 5.91 Å². The number of nitrogens with one attached hydrogen (secondary N) is 1. The zero-order valence-electron chi connectivity index (χ0n) is 11.8. The molecule has 1 rings (SSSR count). The molecule has 2 N–H and O–H groups in total. The Labute approximate surface area is 121 Å². The molecule has 0 saturated heterocycles. The van der Waals surface area contributed by atoms with Gasteiger partial charge in [0.15, 0.2) is 0 Å². The van der Waals surface area contributed by atoms with Gasteiger partial charge in [-0.2, -0.15) is 0 Å². The van der Waals surface area contributed by atoms with Crippen LogP contribution in [0.15, 0.2) is 24.3 Å². The van der Waals surface area contributed by atoms with Crippen LogP contribution in [-0.2, 0) is 25.5 Å². The van der Waals surface area contributed by atoms with Gasteiger partial charge in [0.1, 0.15) is 11.8 Å². The summed E-state index contributed by atoms with van der Waals surface area (Å²) in [5, 5.41) is 11.3. The molecule has 0 unspecified atom stereocenters. The smallest absolute Gasteiger partial charge is 0.326 e. The highest BCUT2D eigenvalue weighted by atomic mass is 16.5. The number of esters is 1. The minimum Gasteiger partial charge on any atom is -0.497 e. The molecule has 7 heteroatoms. The summed E-state index contributed by atoms with van der Waals surface area (Å²) >= 11 is 0. The van der Waals surface area contributed by atoms with Gasteiger partial charge in [0.25, 0.3) is 0 Å². The average molecular weight is 295 g/mol. The summed E-state index contributed by atoms with van der Waals surface area (Å²) in [5.74, 6) is -1.82. The van der Waals surface area contributed by atoms with Crippen molar-refractivity contribution in [1.29, 1.82) is 0 Å². The van der Waals surface area contributed by atoms with E-state index in [-0.39, 0.29) is 6.42 Å². The molecule has 0 aliphatic heterocycles. The molecule has 7 nitrogen and oxygen atoms in total. The SMILES string of the molecule is COC(=O)C[C@H](NC(=O)Cc1ccc(OC)cc1)C(=O)O. The van der Waals surface area contributed by atoms with Crippen LogP contribution in [0.1, 0.15) is 12.0 Å². The van der Waals surface area contributed by atoms with Crippen molar-refractivity contribution in [2.24, 2.45) is 0 Å². The molecule has 0 aliphatic rings. The molecule has 0 spiro atoms. The zero-order chi connectivity index (χ0) is 15.8. The van der Waals surface area contributed by atoms with Gasteiger partial charge >= 0.3 is 11.9 Å². The molecule has 1 aromatic carbocycles. The average Bonchev–Trinajstić information content (AvgIpc) is 2.47. The third kappa shape index (κ3) is 5.52. The van der Waals surface area contributed by atoms with E-state index in [1.807, 2.05) is 0 Å². The Morgan fingerprint density at radius 3 is 2.29 bits per heavy atom. The van der Waals surface area contributed by atoms with Gasteiger partial charge in [-0.15, -0.1) is 0 Å². The highest BCUT2D eigenvalue weighted by Crippen LogP contribution is 2.11. The Morgan fingerprint density at radius 2 is 1.81 bits per heavy atom. The number of hydrogen-bond donors (Lipinski definition) is 2. The van der Waals surface area contributed by atoms with Crippen LogP contribution in [0.2, 0.25) is 0 Å². The van der Waals surface area contributed by atoms with Crippen LogP contribution in [0.4, 0.5) is 0 Å². The quantitative estimate of drug-likeness (QED) is 0.705. The first kappa shape index (κ1) is 16.5. The summed E-state index contributed by atoms with van der Waals surface area (Å²) in [6.07, 6.45) is -0.408. The number of ether oxygens (including phenoxy) is 2. The van der Waals surface area contributed by atoms with Crippen molar-refractivity contribution in [2.45, 2.75) is 18.9 Å². The first-order valence-electron chi connectivity index (χ1n) is 6.18. The molecule has 1 amide bonds. The van der Waals surface area contributed by atoms with Crippen molar-refractivity contribution >= 4 is 17.8 Å². The number of methoxy groups -OCH3 is 2. The third-order valence-corrected chi connectivity index (χ3v) is 2.76. The second-order valence-electron chi connectivity index (χ2n) is 4.26. The number of rotatable bonds is 7. The monoisotopic (exact) mass is 295 g/mol. The number of amides is 1. The maximum atomic E-state index is 11.8. The lowest BCUT2D eigenvalue weighted by atomic mass is 10.1. The Hall–Kier alpha value is -2.57. The number of benzene rings is 1. The van der Waals surface area contributed by atoms with E-state index in [2.05, 4.69) is 10.1 Å². The van der Waals surface area contributed by atoms with Crippen LogP contribution in [0.25, 0.3) is 0 Å². The van der Waals surface area contributed by atoms with Crippen LogP contribution < -0.4 is 10.1 Å². The van der Waals surface area contributed by atoms with Crippen LogP contribution in [-0.4, -0.2) is 43.2 Å². The molecule has 0 heterocycles. The normalized spacial score (nSPS) is 11.3. The number of hydrogen-bond acceptors (Lipinski definition) is 5. The first-order chi connectivity index (χ1) is 9.96. The summed E-state index contributed by atoms with van der Waals surface area (Å²) in [4.78, 5) is 33.9. The Balaban J connectivity index is 2.60. The number of carboxylic acids is 1. The second-order valence-corrected chi connectivity index (χ2v) is 4.26. The van der Waals surface area contributed by atoms with Crippen LogP contribution in [0.3, 0.4) is 0 Å². The number of carbonyl (C=O) groups excluding carboxylic acids is 2. The third-order valence-electron chi connectivity index (χ3n) is 2.76. The Morgan fingerprint density at radius 1 is 1.19 bits per heavy atom. The van der Waals surface area contributed by atoms with Crippen molar-refractivity contribution in [3.63, 3.8) is 0 Å². The predicted molar refractivity (Wildman–Crippen MR) is 72.9 cm³/mol. The molecule has 0 fully saturated rings. The summed E-state index contributed by atoms with van der Waals surface area (Å²) in [6.45, 7) is 0. The summed E-state index contributed by atoms with van der Waals surface area (Å²) < 4.78 is 9.39. The van der Waals surface area contributed by atoms with Crippen molar-refractivity contribution < 1.29 is 29.0 Å². The molecular formula is C14H17NO6. The highest BCUT2D eigenvalue weighted by molar-refractivity contribution is 5.87. The van der Waals surface area contributed by atoms with Gasteiger partial charge in [-0.25, -0.2) is 4.79 Å².